The third-order valence-corrected chi connectivity index (χ3v) is 8.77. The molecule has 0 saturated carbocycles. The number of rotatable bonds is 11. The fourth-order valence-corrected chi connectivity index (χ4v) is 6.23. The smallest absolute Gasteiger partial charge is 0.272 e. The number of hydrogen-bond donors (Lipinski definition) is 3. The molecule has 0 aliphatic carbocycles. The molecule has 226 valence electrons. The van der Waals surface area contributed by atoms with Crippen LogP contribution in [0.3, 0.4) is 0 Å². The molecule has 5 rings (SSSR count). The van der Waals surface area contributed by atoms with Gasteiger partial charge in [0.2, 0.25) is 5.91 Å². The number of thiophene rings is 1. The zero-order chi connectivity index (χ0) is 31.6. The summed E-state index contributed by atoms with van der Waals surface area (Å²) in [5.74, 6) is -0.669. The topological polar surface area (TPSA) is 96.5 Å². The van der Waals surface area contributed by atoms with Crippen LogP contribution >= 0.6 is 34.7 Å². The molecule has 4 aromatic carbocycles. The number of carbonyl (C=O) groups is 3. The molecular formula is C35H28ClN3O4S2. The maximum absolute atomic E-state index is 13.7. The highest BCUT2D eigenvalue weighted by atomic mass is 35.5. The fraction of sp³-hybridized carbons (Fsp3) is 0.0571. The Bertz CT molecular complexity index is 1810. The average Bonchev–Trinajstić information content (AvgIpc) is 3.57. The van der Waals surface area contributed by atoms with Gasteiger partial charge in [-0.15, -0.1) is 23.1 Å². The predicted molar refractivity (Wildman–Crippen MR) is 183 cm³/mol. The molecule has 1 unspecified atom stereocenters. The molecule has 10 heteroatoms. The normalized spacial score (nSPS) is 11.7. The number of anilines is 2. The number of halogens is 1. The van der Waals surface area contributed by atoms with E-state index in [4.69, 9.17) is 16.3 Å². The summed E-state index contributed by atoms with van der Waals surface area (Å²) in [6.45, 7) is 0. The second kappa shape index (κ2) is 15.3. The van der Waals surface area contributed by atoms with Gasteiger partial charge in [0, 0.05) is 26.0 Å². The molecule has 7 nitrogen and oxygen atoms in total. The number of methoxy groups -OCH3 is 1. The van der Waals surface area contributed by atoms with Gasteiger partial charge in [-0.1, -0.05) is 72.3 Å². The van der Waals surface area contributed by atoms with Crippen molar-refractivity contribution in [1.29, 1.82) is 0 Å². The van der Waals surface area contributed by atoms with E-state index in [0.717, 1.165) is 15.3 Å². The van der Waals surface area contributed by atoms with Crippen molar-refractivity contribution in [1.82, 2.24) is 5.32 Å². The summed E-state index contributed by atoms with van der Waals surface area (Å²) in [6.07, 6.45) is 1.64. The molecule has 0 radical (unpaired) electrons. The lowest BCUT2D eigenvalue weighted by Crippen LogP contribution is -2.30. The van der Waals surface area contributed by atoms with E-state index >= 15 is 0 Å². The van der Waals surface area contributed by atoms with E-state index in [1.165, 1.54) is 30.2 Å². The van der Waals surface area contributed by atoms with Crippen molar-refractivity contribution < 1.29 is 19.1 Å². The van der Waals surface area contributed by atoms with Crippen molar-refractivity contribution in [2.24, 2.45) is 0 Å². The summed E-state index contributed by atoms with van der Waals surface area (Å²) in [4.78, 5) is 41.6. The first-order chi connectivity index (χ1) is 21.9. The van der Waals surface area contributed by atoms with Crippen LogP contribution in [0.2, 0.25) is 5.02 Å². The van der Waals surface area contributed by atoms with Crippen molar-refractivity contribution in [3.63, 3.8) is 0 Å². The highest BCUT2D eigenvalue weighted by Crippen LogP contribution is 2.38. The van der Waals surface area contributed by atoms with E-state index in [9.17, 15) is 14.4 Å². The quantitative estimate of drug-likeness (QED) is 0.0985. The molecule has 5 aromatic rings. The van der Waals surface area contributed by atoms with Crippen molar-refractivity contribution in [3.8, 4) is 5.75 Å². The van der Waals surface area contributed by atoms with Crippen LogP contribution < -0.4 is 20.7 Å². The number of amides is 3. The van der Waals surface area contributed by atoms with E-state index in [1.54, 1.807) is 66.7 Å². The largest absolute Gasteiger partial charge is 0.495 e. The molecule has 1 heterocycles. The molecule has 0 fully saturated rings. The van der Waals surface area contributed by atoms with E-state index in [1.807, 2.05) is 60.0 Å². The maximum Gasteiger partial charge on any atom is 0.272 e. The van der Waals surface area contributed by atoms with Crippen LogP contribution in [0.5, 0.6) is 5.75 Å². The SMILES string of the molecule is COc1ccc(Cl)cc1NC(=O)C(Sc1cccc(NC(=O)/C(=C/c2cccs2)NC(=O)c2ccccc2)c1)c1ccccc1. The molecule has 1 atom stereocenters. The van der Waals surface area contributed by atoms with Crippen LogP contribution in [0, 0.1) is 0 Å². The second-order valence-electron chi connectivity index (χ2n) is 9.62. The van der Waals surface area contributed by atoms with Gasteiger partial charge in [0.25, 0.3) is 11.8 Å². The minimum Gasteiger partial charge on any atom is -0.495 e. The van der Waals surface area contributed by atoms with E-state index < -0.39 is 17.1 Å². The molecule has 1 aromatic heterocycles. The van der Waals surface area contributed by atoms with Gasteiger partial charge in [-0.05, 0) is 71.6 Å². The Morgan fingerprint density at radius 3 is 2.31 bits per heavy atom. The average molecular weight is 654 g/mol. The molecule has 45 heavy (non-hydrogen) atoms. The first-order valence-corrected chi connectivity index (χ1v) is 15.9. The summed E-state index contributed by atoms with van der Waals surface area (Å²) in [5.41, 5.74) is 2.28. The van der Waals surface area contributed by atoms with Crippen LogP contribution in [0.4, 0.5) is 11.4 Å². The highest BCUT2D eigenvalue weighted by molar-refractivity contribution is 8.00. The van der Waals surface area contributed by atoms with Gasteiger partial charge in [-0.2, -0.15) is 0 Å². The zero-order valence-corrected chi connectivity index (χ0v) is 26.4. The van der Waals surface area contributed by atoms with Crippen LogP contribution in [0.15, 0.2) is 131 Å². The summed E-state index contributed by atoms with van der Waals surface area (Å²) < 4.78 is 5.41. The molecule has 0 bridgehead atoms. The Kier molecular flexibility index (Phi) is 10.7. The second-order valence-corrected chi connectivity index (χ2v) is 12.2. The van der Waals surface area contributed by atoms with E-state index in [-0.39, 0.29) is 11.6 Å². The summed E-state index contributed by atoms with van der Waals surface area (Å²) in [6, 6.07) is 34.0. The maximum atomic E-state index is 13.7. The number of nitrogens with one attached hydrogen (secondary N) is 3. The standard InChI is InChI=1S/C35H28ClN3O4S2/c1-43-31-18-17-25(36)20-29(31)38-35(42)32(23-10-4-2-5-11-23)45-28-15-8-14-26(21-28)37-34(41)30(22-27-16-9-19-44-27)39-33(40)24-12-6-3-7-13-24/h2-22,32H,1H3,(H,37,41)(H,38,42)(H,39,40)/b30-22-. The predicted octanol–water partition coefficient (Wildman–Crippen LogP) is 8.29. The molecule has 0 saturated heterocycles. The van der Waals surface area contributed by atoms with Gasteiger partial charge >= 0.3 is 0 Å². The minimum absolute atomic E-state index is 0.0985. The van der Waals surface area contributed by atoms with E-state index in [0.29, 0.717) is 27.7 Å². The highest BCUT2D eigenvalue weighted by Gasteiger charge is 2.24. The number of benzene rings is 4. The number of hydrogen-bond acceptors (Lipinski definition) is 6. The van der Waals surface area contributed by atoms with Gasteiger partial charge in [-0.3, -0.25) is 14.4 Å². The van der Waals surface area contributed by atoms with Gasteiger partial charge < -0.3 is 20.7 Å². The van der Waals surface area contributed by atoms with Crippen molar-refractivity contribution in [3.05, 3.63) is 147 Å². The minimum atomic E-state index is -0.639. The van der Waals surface area contributed by atoms with Gasteiger partial charge in [0.1, 0.15) is 16.7 Å². The third-order valence-electron chi connectivity index (χ3n) is 6.46. The van der Waals surface area contributed by atoms with Gasteiger partial charge in [0.15, 0.2) is 0 Å². The third kappa shape index (κ3) is 8.63. The van der Waals surface area contributed by atoms with Crippen LogP contribution in [-0.2, 0) is 9.59 Å². The number of carbonyl (C=O) groups excluding carboxylic acids is 3. The molecule has 0 aliphatic heterocycles. The molecular weight excluding hydrogens is 626 g/mol. The zero-order valence-electron chi connectivity index (χ0n) is 24.0. The Labute approximate surface area is 274 Å². The summed E-state index contributed by atoms with van der Waals surface area (Å²) in [5, 5.41) is 10.3. The van der Waals surface area contributed by atoms with Gasteiger partial charge in [0.05, 0.1) is 12.8 Å². The van der Waals surface area contributed by atoms with E-state index in [2.05, 4.69) is 16.0 Å². The number of thioether (sulfide) groups is 1. The van der Waals surface area contributed by atoms with Crippen LogP contribution in [0.1, 0.15) is 26.0 Å². The molecule has 0 aliphatic rings. The fourth-order valence-electron chi connectivity index (χ4n) is 4.32. The number of ether oxygens (including phenoxy) is 1. The Balaban J connectivity index is 1.37. The van der Waals surface area contributed by atoms with Crippen molar-refractivity contribution in [2.75, 3.05) is 17.7 Å². The lowest BCUT2D eigenvalue weighted by Gasteiger charge is -2.19. The van der Waals surface area contributed by atoms with Crippen molar-refractivity contribution in [2.45, 2.75) is 10.1 Å². The lowest BCUT2D eigenvalue weighted by atomic mass is 10.1. The first-order valence-electron chi connectivity index (χ1n) is 13.8. The van der Waals surface area contributed by atoms with Gasteiger partial charge in [-0.25, -0.2) is 0 Å². The van der Waals surface area contributed by atoms with Crippen molar-refractivity contribution >= 4 is 69.9 Å². The Morgan fingerprint density at radius 2 is 1.60 bits per heavy atom. The van der Waals surface area contributed by atoms with Crippen LogP contribution in [-0.4, -0.2) is 24.8 Å². The van der Waals surface area contributed by atoms with Crippen LogP contribution in [0.25, 0.3) is 6.08 Å². The Morgan fingerprint density at radius 1 is 0.844 bits per heavy atom. The molecule has 3 amide bonds. The molecule has 3 N–H and O–H groups in total. The lowest BCUT2D eigenvalue weighted by molar-refractivity contribution is -0.116. The monoisotopic (exact) mass is 653 g/mol. The summed E-state index contributed by atoms with van der Waals surface area (Å²) >= 11 is 8.97. The first kappa shape index (κ1) is 31.6. The Hall–Kier alpha value is -4.83. The summed E-state index contributed by atoms with van der Waals surface area (Å²) in [7, 11) is 1.52. The molecule has 0 spiro atoms.